The minimum absolute atomic E-state index is 0.0576. The molecule has 0 aromatic carbocycles. The molecule has 2 aliphatic heterocycles. The van der Waals surface area contributed by atoms with E-state index >= 15 is 0 Å². The molecule has 132 valence electrons. The van der Waals surface area contributed by atoms with Crippen molar-refractivity contribution in [2.75, 3.05) is 39.9 Å². The van der Waals surface area contributed by atoms with Crippen LogP contribution in [0.25, 0.3) is 0 Å². The summed E-state index contributed by atoms with van der Waals surface area (Å²) in [6, 6.07) is 0.174. The average Bonchev–Trinajstić information content (AvgIpc) is 3.05. The largest absolute Gasteiger partial charge is 0.375 e. The summed E-state index contributed by atoms with van der Waals surface area (Å²) in [5.41, 5.74) is 0. The van der Waals surface area contributed by atoms with E-state index in [9.17, 15) is 4.79 Å². The Labute approximate surface area is 138 Å². The minimum atomic E-state index is 0.0576. The second-order valence-electron chi connectivity index (χ2n) is 6.35. The molecule has 1 amide bonds. The number of nitrogens with zero attached hydrogens (tertiary/aromatic N) is 2. The van der Waals surface area contributed by atoms with E-state index < -0.39 is 0 Å². The first kappa shape index (κ1) is 18.0. The second-order valence-corrected chi connectivity index (χ2v) is 6.35. The maximum atomic E-state index is 11.7. The summed E-state index contributed by atoms with van der Waals surface area (Å²) in [4.78, 5) is 18.2. The van der Waals surface area contributed by atoms with Crippen LogP contribution in [0.15, 0.2) is 4.99 Å². The van der Waals surface area contributed by atoms with Crippen molar-refractivity contribution in [1.82, 2.24) is 15.5 Å². The molecule has 0 aliphatic carbocycles. The molecule has 0 spiro atoms. The van der Waals surface area contributed by atoms with E-state index in [0.29, 0.717) is 19.6 Å². The van der Waals surface area contributed by atoms with Gasteiger partial charge in [0.2, 0.25) is 5.91 Å². The van der Waals surface area contributed by atoms with Crippen molar-refractivity contribution < 1.29 is 14.3 Å². The lowest BCUT2D eigenvalue weighted by atomic mass is 10.1. The maximum absolute atomic E-state index is 11.7. The predicted octanol–water partition coefficient (Wildman–Crippen LogP) is 0.356. The Bertz CT molecular complexity index is 408. The first-order chi connectivity index (χ1) is 11.1. The smallest absolute Gasteiger partial charge is 0.221 e. The summed E-state index contributed by atoms with van der Waals surface area (Å²) < 4.78 is 11.6. The van der Waals surface area contributed by atoms with Crippen LogP contribution < -0.4 is 10.6 Å². The van der Waals surface area contributed by atoms with Gasteiger partial charge >= 0.3 is 0 Å². The third-order valence-electron chi connectivity index (χ3n) is 4.07. The zero-order chi connectivity index (χ0) is 16.7. The Morgan fingerprint density at radius 3 is 2.74 bits per heavy atom. The first-order valence-corrected chi connectivity index (χ1v) is 8.58. The van der Waals surface area contributed by atoms with Crippen LogP contribution in [0.2, 0.25) is 0 Å². The molecule has 0 saturated carbocycles. The van der Waals surface area contributed by atoms with Crippen molar-refractivity contribution in [2.24, 2.45) is 4.99 Å². The normalized spacial score (nSPS) is 25.7. The molecule has 0 aromatic heterocycles. The van der Waals surface area contributed by atoms with Gasteiger partial charge in [-0.15, -0.1) is 0 Å². The highest BCUT2D eigenvalue weighted by atomic mass is 16.5. The minimum Gasteiger partial charge on any atom is -0.375 e. The Morgan fingerprint density at radius 2 is 2.09 bits per heavy atom. The second kappa shape index (κ2) is 9.08. The van der Waals surface area contributed by atoms with Gasteiger partial charge in [0.15, 0.2) is 5.96 Å². The number of carbonyl (C=O) groups is 1. The Balaban J connectivity index is 1.77. The van der Waals surface area contributed by atoms with Crippen molar-refractivity contribution >= 4 is 11.9 Å². The molecule has 2 N–H and O–H groups in total. The van der Waals surface area contributed by atoms with Gasteiger partial charge in [-0.2, -0.15) is 0 Å². The lowest BCUT2D eigenvalue weighted by molar-refractivity contribution is -0.121. The number of guanidine groups is 1. The number of nitrogens with one attached hydrogen (secondary N) is 2. The fourth-order valence-corrected chi connectivity index (χ4v) is 3.00. The van der Waals surface area contributed by atoms with Gasteiger partial charge in [-0.3, -0.25) is 9.79 Å². The first-order valence-electron chi connectivity index (χ1n) is 8.58. The molecule has 23 heavy (non-hydrogen) atoms. The summed E-state index contributed by atoms with van der Waals surface area (Å²) in [6.07, 6.45) is 2.93. The van der Waals surface area contributed by atoms with Crippen LogP contribution in [0.3, 0.4) is 0 Å². The lowest BCUT2D eigenvalue weighted by Crippen LogP contribution is -2.53. The quantitative estimate of drug-likeness (QED) is 0.563. The Hall–Kier alpha value is -1.34. The molecule has 7 heteroatoms. The van der Waals surface area contributed by atoms with E-state index in [1.54, 1.807) is 7.05 Å². The summed E-state index contributed by atoms with van der Waals surface area (Å²) in [5.74, 6) is 0.885. The highest BCUT2D eigenvalue weighted by molar-refractivity contribution is 5.81. The molecule has 7 nitrogen and oxygen atoms in total. The van der Waals surface area contributed by atoms with Crippen LogP contribution in [0.1, 0.15) is 33.1 Å². The molecule has 0 radical (unpaired) electrons. The molecular formula is C16H30N4O3. The van der Waals surface area contributed by atoms with Crippen LogP contribution in [0.4, 0.5) is 0 Å². The third kappa shape index (κ3) is 5.66. The monoisotopic (exact) mass is 326 g/mol. The molecule has 0 aromatic rings. The third-order valence-corrected chi connectivity index (χ3v) is 4.07. The fraction of sp³-hybridized carbons (Fsp3) is 0.875. The van der Waals surface area contributed by atoms with Crippen LogP contribution in [0, 0.1) is 0 Å². The van der Waals surface area contributed by atoms with Gasteiger partial charge in [-0.05, 0) is 26.7 Å². The molecule has 2 atom stereocenters. The van der Waals surface area contributed by atoms with Crippen LogP contribution >= 0.6 is 0 Å². The molecule has 2 saturated heterocycles. The number of carbonyl (C=O) groups excluding carboxylic acids is 1. The topological polar surface area (TPSA) is 75.2 Å². The van der Waals surface area contributed by atoms with E-state index in [4.69, 9.17) is 9.47 Å². The van der Waals surface area contributed by atoms with E-state index in [2.05, 4.69) is 20.5 Å². The predicted molar refractivity (Wildman–Crippen MR) is 89.5 cm³/mol. The molecular weight excluding hydrogens is 296 g/mol. The van der Waals surface area contributed by atoms with Crippen molar-refractivity contribution in [1.29, 1.82) is 0 Å². The molecule has 2 unspecified atom stereocenters. The van der Waals surface area contributed by atoms with Gasteiger partial charge < -0.3 is 25.0 Å². The number of hydrogen-bond donors (Lipinski definition) is 2. The zero-order valence-electron chi connectivity index (χ0n) is 14.5. The van der Waals surface area contributed by atoms with Crippen molar-refractivity contribution in [3.05, 3.63) is 0 Å². The standard InChI is InChI=1S/C16H30N4O3/c1-12(2)19-15(21)6-7-18-16(17-3)20-8-10-23-14(11-20)13-5-4-9-22-13/h12-14H,4-11H2,1-3H3,(H,17,18)(H,19,21). The number of rotatable bonds is 5. The van der Waals surface area contributed by atoms with Gasteiger partial charge in [-0.25, -0.2) is 0 Å². The summed E-state index contributed by atoms with van der Waals surface area (Å²) >= 11 is 0. The summed E-state index contributed by atoms with van der Waals surface area (Å²) in [7, 11) is 1.77. The van der Waals surface area contributed by atoms with Crippen LogP contribution in [0.5, 0.6) is 0 Å². The lowest BCUT2D eigenvalue weighted by Gasteiger charge is -2.37. The van der Waals surface area contributed by atoms with Gasteiger partial charge in [-0.1, -0.05) is 0 Å². The number of morpholine rings is 1. The fourth-order valence-electron chi connectivity index (χ4n) is 3.00. The Morgan fingerprint density at radius 1 is 1.30 bits per heavy atom. The highest BCUT2D eigenvalue weighted by Crippen LogP contribution is 2.20. The van der Waals surface area contributed by atoms with Crippen molar-refractivity contribution in [3.63, 3.8) is 0 Å². The molecule has 2 aliphatic rings. The zero-order valence-corrected chi connectivity index (χ0v) is 14.5. The molecule has 2 heterocycles. The Kier molecular flexibility index (Phi) is 7.11. The number of aliphatic imine (C=N–C) groups is 1. The van der Waals surface area contributed by atoms with Crippen molar-refractivity contribution in [3.8, 4) is 0 Å². The molecule has 2 fully saturated rings. The summed E-state index contributed by atoms with van der Waals surface area (Å²) in [5, 5.41) is 6.16. The van der Waals surface area contributed by atoms with Gasteiger partial charge in [0.05, 0.1) is 12.7 Å². The number of hydrogen-bond acceptors (Lipinski definition) is 4. The SMILES string of the molecule is CN=C(NCCC(=O)NC(C)C)N1CCOC(C2CCCO2)C1. The van der Waals surface area contributed by atoms with Gasteiger partial charge in [0, 0.05) is 45.8 Å². The van der Waals surface area contributed by atoms with Crippen LogP contribution in [-0.4, -0.2) is 74.9 Å². The van der Waals surface area contributed by atoms with E-state index in [0.717, 1.165) is 38.5 Å². The van der Waals surface area contributed by atoms with Gasteiger partial charge in [0.1, 0.15) is 6.10 Å². The number of amides is 1. The van der Waals surface area contributed by atoms with E-state index in [1.807, 2.05) is 13.8 Å². The van der Waals surface area contributed by atoms with E-state index in [1.165, 1.54) is 0 Å². The van der Waals surface area contributed by atoms with Crippen LogP contribution in [-0.2, 0) is 14.3 Å². The summed E-state index contributed by atoms with van der Waals surface area (Å²) in [6.45, 7) is 7.60. The molecule has 2 rings (SSSR count). The number of ether oxygens (including phenoxy) is 2. The molecule has 0 bridgehead atoms. The average molecular weight is 326 g/mol. The van der Waals surface area contributed by atoms with E-state index in [-0.39, 0.29) is 24.2 Å². The van der Waals surface area contributed by atoms with Crippen molar-refractivity contribution in [2.45, 2.75) is 51.4 Å². The highest BCUT2D eigenvalue weighted by Gasteiger charge is 2.32. The van der Waals surface area contributed by atoms with Gasteiger partial charge in [0.25, 0.3) is 0 Å². The maximum Gasteiger partial charge on any atom is 0.221 e.